The summed E-state index contributed by atoms with van der Waals surface area (Å²) >= 11 is 0. The number of benzene rings is 2. The number of methoxy groups -OCH3 is 2. The maximum Gasteiger partial charge on any atom is 0.410 e. The molecule has 20 heteroatoms. The van der Waals surface area contributed by atoms with Crippen LogP contribution in [0.2, 0.25) is 0 Å². The van der Waals surface area contributed by atoms with E-state index in [0.717, 1.165) is 101 Å². The Balaban J connectivity index is 0.000000175. The second-order valence-electron chi connectivity index (χ2n) is 18.9. The molecule has 20 nitrogen and oxygen atoms in total. The van der Waals surface area contributed by atoms with Crippen molar-refractivity contribution in [1.82, 2.24) is 54.8 Å². The van der Waals surface area contributed by atoms with E-state index < -0.39 is 5.60 Å². The molecule has 1 atom stereocenters. The lowest BCUT2D eigenvalue weighted by atomic mass is 10.1. The number of nitrogens with zero attached hydrogens (tertiary/aromatic N) is 12. The number of piperazine rings is 1. The van der Waals surface area contributed by atoms with Crippen LogP contribution in [-0.2, 0) is 9.47 Å². The number of piperidine rings is 1. The van der Waals surface area contributed by atoms with Gasteiger partial charge >= 0.3 is 18.1 Å². The molecule has 1 amide bonds. The largest absolute Gasteiger partial charge is 0.467 e. The molecular formula is C51H59N13O7. The summed E-state index contributed by atoms with van der Waals surface area (Å²) in [6.45, 7) is 14.5. The Bertz CT molecular complexity index is 3210. The van der Waals surface area contributed by atoms with Gasteiger partial charge in [-0.2, -0.15) is 30.1 Å². The number of hydrogen-bond acceptors (Lipinski definition) is 17. The summed E-state index contributed by atoms with van der Waals surface area (Å²) in [5, 5.41) is 15.3. The predicted octanol–water partition coefficient (Wildman–Crippen LogP) is 9.24. The number of amides is 1. The summed E-state index contributed by atoms with van der Waals surface area (Å²) in [4.78, 5) is 46.3. The zero-order valence-corrected chi connectivity index (χ0v) is 41.3. The van der Waals surface area contributed by atoms with E-state index in [4.69, 9.17) is 33.4 Å². The van der Waals surface area contributed by atoms with Gasteiger partial charge in [0.1, 0.15) is 39.8 Å². The quantitative estimate of drug-likeness (QED) is 0.143. The normalized spacial score (nSPS) is 16.5. The zero-order valence-electron chi connectivity index (χ0n) is 41.3. The molecule has 3 aliphatic heterocycles. The van der Waals surface area contributed by atoms with E-state index in [1.807, 2.05) is 75.8 Å². The van der Waals surface area contributed by atoms with Crippen LogP contribution in [0, 0.1) is 13.8 Å². The summed E-state index contributed by atoms with van der Waals surface area (Å²) in [6.07, 6.45) is 13.3. The van der Waals surface area contributed by atoms with Gasteiger partial charge in [-0.1, -0.05) is 12.1 Å². The molecule has 6 aromatic heterocycles. The fourth-order valence-electron chi connectivity index (χ4n) is 9.25. The highest BCUT2D eigenvalue weighted by atomic mass is 16.6. The van der Waals surface area contributed by atoms with Crippen molar-refractivity contribution in [2.45, 2.75) is 85.0 Å². The Kier molecular flexibility index (Phi) is 13.3. The number of carbonyl (C=O) groups is 1. The van der Waals surface area contributed by atoms with Gasteiger partial charge in [-0.15, -0.1) is 0 Å². The van der Waals surface area contributed by atoms with Crippen LogP contribution in [0.1, 0.15) is 76.7 Å². The molecule has 3 saturated heterocycles. The maximum absolute atomic E-state index is 12.6. The van der Waals surface area contributed by atoms with E-state index in [0.29, 0.717) is 72.3 Å². The summed E-state index contributed by atoms with van der Waals surface area (Å²) < 4.78 is 37.2. The van der Waals surface area contributed by atoms with E-state index in [9.17, 15) is 4.79 Å². The third-order valence-electron chi connectivity index (χ3n) is 12.9. The van der Waals surface area contributed by atoms with Crippen LogP contribution in [0.5, 0.6) is 35.3 Å². The molecule has 3 aliphatic rings. The molecule has 0 saturated carbocycles. The molecule has 0 aliphatic carbocycles. The molecule has 71 heavy (non-hydrogen) atoms. The van der Waals surface area contributed by atoms with Gasteiger partial charge in [0.05, 0.1) is 59.2 Å². The third kappa shape index (κ3) is 9.80. The van der Waals surface area contributed by atoms with Crippen molar-refractivity contribution in [3.8, 4) is 35.3 Å². The average molecular weight is 966 g/mol. The number of rotatable bonds is 9. The standard InChI is InChI=1S/C30H37N7O5.C21H22N6O2/c1-19-9-10-22-21(18-32-37(22)23-8-6-7-17-40-23)25(19)41-27-24-20(11-12-31-27)26(34-28(33-24)39-5)35-13-15-36(16-14-35)29(38)42-30(2,3)4;1-13-6-7-16-15(12-23-26-16)18(13)29-20-17-14(8-9-22-20)19(25-21(24-17)28-2)27-10-4-3-5-11-27/h9-12,18,23H,6-8,13-17H2,1-5H3;6-9,12H,3-5,10-11H2,1-2H3,(H,23,26). The highest BCUT2D eigenvalue weighted by molar-refractivity contribution is 5.95. The number of fused-ring (bicyclic) bond motifs is 4. The smallest absolute Gasteiger partial charge is 0.410 e. The fourth-order valence-corrected chi connectivity index (χ4v) is 9.25. The maximum atomic E-state index is 12.6. The number of aromatic nitrogens is 10. The first-order chi connectivity index (χ1) is 34.5. The molecule has 0 radical (unpaired) electrons. The van der Waals surface area contributed by atoms with Gasteiger partial charge in [0.15, 0.2) is 6.23 Å². The van der Waals surface area contributed by atoms with Crippen molar-refractivity contribution >= 4 is 61.3 Å². The van der Waals surface area contributed by atoms with E-state index in [2.05, 4.69) is 56.1 Å². The molecule has 0 spiro atoms. The van der Waals surface area contributed by atoms with Crippen LogP contribution >= 0.6 is 0 Å². The predicted molar refractivity (Wildman–Crippen MR) is 268 cm³/mol. The molecule has 1 unspecified atom stereocenters. The lowest BCUT2D eigenvalue weighted by Gasteiger charge is -2.36. The van der Waals surface area contributed by atoms with Crippen molar-refractivity contribution < 1.29 is 33.2 Å². The molecule has 1 N–H and O–H groups in total. The highest BCUT2D eigenvalue weighted by Crippen LogP contribution is 2.40. The van der Waals surface area contributed by atoms with Crippen molar-refractivity contribution in [3.05, 3.63) is 72.3 Å². The second kappa shape index (κ2) is 20.0. The second-order valence-corrected chi connectivity index (χ2v) is 18.9. The lowest BCUT2D eigenvalue weighted by molar-refractivity contribution is -0.0366. The van der Waals surface area contributed by atoms with Crippen LogP contribution in [0.25, 0.3) is 43.6 Å². The molecule has 9 heterocycles. The minimum Gasteiger partial charge on any atom is -0.467 e. The summed E-state index contributed by atoms with van der Waals surface area (Å²) in [5.41, 5.74) is 4.43. The molecule has 8 aromatic rings. The van der Waals surface area contributed by atoms with Crippen LogP contribution in [0.4, 0.5) is 16.4 Å². The Labute approximate surface area is 410 Å². The number of hydrogen-bond donors (Lipinski definition) is 1. The molecule has 11 rings (SSSR count). The minimum absolute atomic E-state index is 0.0853. The van der Waals surface area contributed by atoms with E-state index in [-0.39, 0.29) is 18.3 Å². The van der Waals surface area contributed by atoms with Gasteiger partial charge in [0.25, 0.3) is 0 Å². The van der Waals surface area contributed by atoms with Crippen LogP contribution in [-0.4, -0.2) is 127 Å². The average Bonchev–Trinajstić information content (AvgIpc) is 4.06. The zero-order chi connectivity index (χ0) is 49.2. The topological polar surface area (TPSA) is 206 Å². The first-order valence-corrected chi connectivity index (χ1v) is 24.2. The van der Waals surface area contributed by atoms with E-state index >= 15 is 0 Å². The summed E-state index contributed by atoms with van der Waals surface area (Å²) in [6, 6.07) is 12.4. The Morgan fingerprint density at radius 2 is 1.28 bits per heavy atom. The Morgan fingerprint density at radius 1 is 0.676 bits per heavy atom. The summed E-state index contributed by atoms with van der Waals surface area (Å²) in [5.74, 6) is 3.73. The van der Waals surface area contributed by atoms with Crippen LogP contribution < -0.4 is 28.7 Å². The molecule has 0 bridgehead atoms. The van der Waals surface area contributed by atoms with Gasteiger partial charge in [0.2, 0.25) is 11.8 Å². The number of H-pyrrole nitrogens is 1. The van der Waals surface area contributed by atoms with Gasteiger partial charge in [-0.25, -0.2) is 19.4 Å². The van der Waals surface area contributed by atoms with Gasteiger partial charge in [0, 0.05) is 58.3 Å². The number of pyridine rings is 2. The SMILES string of the molecule is COc1nc(N2CCCCC2)c2ccnc(Oc3c(C)ccc4[nH]ncc34)c2n1.COc1nc(N2CCN(C(=O)OC(C)(C)C)CC2)c2ccnc(Oc3c(C)ccc4c3cnn4C3CCCCO3)c2n1. The number of carbonyl (C=O) groups excluding carboxylic acids is 1. The number of anilines is 2. The van der Waals surface area contributed by atoms with Crippen molar-refractivity contribution in [2.75, 3.05) is 69.9 Å². The van der Waals surface area contributed by atoms with Crippen LogP contribution in [0.3, 0.4) is 0 Å². The van der Waals surface area contributed by atoms with Crippen molar-refractivity contribution in [2.24, 2.45) is 0 Å². The molecule has 370 valence electrons. The molecule has 3 fully saturated rings. The molecular weight excluding hydrogens is 907 g/mol. The highest BCUT2D eigenvalue weighted by Gasteiger charge is 2.29. The Morgan fingerprint density at radius 3 is 1.87 bits per heavy atom. The summed E-state index contributed by atoms with van der Waals surface area (Å²) in [7, 11) is 3.11. The van der Waals surface area contributed by atoms with Gasteiger partial charge < -0.3 is 43.1 Å². The minimum atomic E-state index is -0.543. The third-order valence-corrected chi connectivity index (χ3v) is 12.9. The first kappa shape index (κ1) is 47.1. The van der Waals surface area contributed by atoms with E-state index in [1.165, 1.54) is 13.5 Å². The number of aromatic amines is 1. The number of nitrogens with one attached hydrogen (secondary N) is 1. The number of ether oxygens (including phenoxy) is 6. The fraction of sp³-hybridized carbons (Fsp3) is 0.431. The Hall–Kier alpha value is -7.61. The van der Waals surface area contributed by atoms with Gasteiger partial charge in [-0.05, 0) is 109 Å². The first-order valence-electron chi connectivity index (χ1n) is 24.2. The molecule has 2 aromatic carbocycles. The van der Waals surface area contributed by atoms with Crippen LogP contribution in [0.15, 0.2) is 61.2 Å². The van der Waals surface area contributed by atoms with Crippen molar-refractivity contribution in [1.29, 1.82) is 0 Å². The number of aryl methyl sites for hydroxylation is 2. The monoisotopic (exact) mass is 965 g/mol. The van der Waals surface area contributed by atoms with E-state index in [1.54, 1.807) is 30.6 Å². The van der Waals surface area contributed by atoms with Crippen molar-refractivity contribution in [3.63, 3.8) is 0 Å². The van der Waals surface area contributed by atoms with Gasteiger partial charge in [-0.3, -0.25) is 5.10 Å². The lowest BCUT2D eigenvalue weighted by Crippen LogP contribution is -2.50.